The van der Waals surface area contributed by atoms with Crippen molar-refractivity contribution in [3.8, 4) is 0 Å². The third-order valence-corrected chi connectivity index (χ3v) is 4.69. The van der Waals surface area contributed by atoms with E-state index in [-0.39, 0.29) is 12.5 Å². The van der Waals surface area contributed by atoms with Gasteiger partial charge in [0.1, 0.15) is 11.4 Å². The smallest absolute Gasteiger partial charge is 0.313 e. The number of anilines is 1. The molecule has 0 bridgehead atoms. The second-order valence-electron chi connectivity index (χ2n) is 6.61. The normalized spacial score (nSPS) is 16.1. The van der Waals surface area contributed by atoms with E-state index in [4.69, 9.17) is 4.42 Å². The van der Waals surface area contributed by atoms with Gasteiger partial charge in [0, 0.05) is 5.69 Å². The highest BCUT2D eigenvalue weighted by molar-refractivity contribution is 6.39. The van der Waals surface area contributed by atoms with Gasteiger partial charge in [0.2, 0.25) is 0 Å². The van der Waals surface area contributed by atoms with Crippen molar-refractivity contribution in [1.29, 1.82) is 0 Å². The molecule has 2 amide bonds. The first-order valence-corrected chi connectivity index (χ1v) is 8.33. The molecule has 1 fully saturated rings. The molecule has 1 heterocycles. The first kappa shape index (κ1) is 17.2. The van der Waals surface area contributed by atoms with Crippen molar-refractivity contribution < 1.29 is 19.1 Å². The van der Waals surface area contributed by atoms with E-state index in [0.717, 1.165) is 24.0 Å². The maximum atomic E-state index is 12.1. The van der Waals surface area contributed by atoms with Crippen molar-refractivity contribution in [1.82, 2.24) is 5.32 Å². The molecule has 1 atom stereocenters. The Morgan fingerprint density at radius 2 is 1.96 bits per heavy atom. The summed E-state index contributed by atoms with van der Waals surface area (Å²) in [6.45, 7) is 3.84. The van der Waals surface area contributed by atoms with Crippen LogP contribution in [0.3, 0.4) is 0 Å². The van der Waals surface area contributed by atoms with Crippen molar-refractivity contribution >= 4 is 17.5 Å². The number of carbonyl (C=O) groups excluding carboxylic acids is 2. The third kappa shape index (κ3) is 3.74. The van der Waals surface area contributed by atoms with Gasteiger partial charge in [-0.2, -0.15) is 0 Å². The van der Waals surface area contributed by atoms with Crippen molar-refractivity contribution in [3.05, 3.63) is 53.5 Å². The Morgan fingerprint density at radius 1 is 1.20 bits per heavy atom. The van der Waals surface area contributed by atoms with E-state index >= 15 is 0 Å². The fraction of sp³-hybridized carbons (Fsp3) is 0.368. The molecule has 132 valence electrons. The summed E-state index contributed by atoms with van der Waals surface area (Å²) in [6, 6.07) is 8.81. The van der Waals surface area contributed by atoms with E-state index < -0.39 is 17.4 Å². The Morgan fingerprint density at radius 3 is 2.56 bits per heavy atom. The molecule has 3 rings (SSSR count). The number of carbonyl (C=O) groups is 2. The summed E-state index contributed by atoms with van der Waals surface area (Å²) in [5.41, 5.74) is 1.42. The lowest BCUT2D eigenvalue weighted by Gasteiger charge is -2.26. The topological polar surface area (TPSA) is 91.6 Å². The summed E-state index contributed by atoms with van der Waals surface area (Å²) < 4.78 is 5.31. The Labute approximate surface area is 146 Å². The molecule has 0 saturated heterocycles. The first-order valence-electron chi connectivity index (χ1n) is 8.33. The molecule has 0 unspecified atom stereocenters. The summed E-state index contributed by atoms with van der Waals surface area (Å²) in [5, 5.41) is 15.9. The number of hydrogen-bond acceptors (Lipinski definition) is 4. The zero-order valence-corrected chi connectivity index (χ0v) is 14.3. The number of benzene rings is 1. The lowest BCUT2D eigenvalue weighted by atomic mass is 9.94. The lowest BCUT2D eigenvalue weighted by Crippen LogP contribution is -2.45. The second-order valence-corrected chi connectivity index (χ2v) is 6.61. The third-order valence-electron chi connectivity index (χ3n) is 4.69. The maximum absolute atomic E-state index is 12.1. The van der Waals surface area contributed by atoms with Crippen molar-refractivity contribution in [2.45, 2.75) is 32.3 Å². The Balaban J connectivity index is 1.61. The minimum Gasteiger partial charge on any atom is -0.466 e. The van der Waals surface area contributed by atoms with Crippen LogP contribution < -0.4 is 10.6 Å². The fourth-order valence-corrected chi connectivity index (χ4v) is 2.82. The zero-order chi connectivity index (χ0) is 18.0. The molecule has 1 aromatic carbocycles. The van der Waals surface area contributed by atoms with Gasteiger partial charge in [-0.05, 0) is 68.0 Å². The predicted octanol–water partition coefficient (Wildman–Crippen LogP) is 2.25. The van der Waals surface area contributed by atoms with Crippen molar-refractivity contribution in [2.75, 3.05) is 11.9 Å². The number of amides is 2. The van der Waals surface area contributed by atoms with E-state index in [1.807, 2.05) is 26.0 Å². The van der Waals surface area contributed by atoms with Crippen LogP contribution >= 0.6 is 0 Å². The average molecular weight is 342 g/mol. The highest BCUT2D eigenvalue weighted by Gasteiger charge is 2.47. The Hall–Kier alpha value is -2.60. The lowest BCUT2D eigenvalue weighted by molar-refractivity contribution is -0.137. The van der Waals surface area contributed by atoms with E-state index in [1.165, 1.54) is 6.26 Å². The molecular formula is C19H22N2O4. The number of hydrogen-bond donors (Lipinski definition) is 3. The minimum absolute atomic E-state index is 0.0294. The molecule has 0 spiro atoms. The van der Waals surface area contributed by atoms with Gasteiger partial charge >= 0.3 is 11.8 Å². The van der Waals surface area contributed by atoms with Crippen LogP contribution in [-0.2, 0) is 15.2 Å². The predicted molar refractivity (Wildman–Crippen MR) is 92.9 cm³/mol. The van der Waals surface area contributed by atoms with Crippen molar-refractivity contribution in [3.63, 3.8) is 0 Å². The van der Waals surface area contributed by atoms with Crippen molar-refractivity contribution in [2.24, 2.45) is 5.92 Å². The molecule has 0 radical (unpaired) electrons. The van der Waals surface area contributed by atoms with Crippen LogP contribution in [0.15, 0.2) is 41.0 Å². The van der Waals surface area contributed by atoms with E-state index in [9.17, 15) is 14.7 Å². The van der Waals surface area contributed by atoms with Crippen LogP contribution in [-0.4, -0.2) is 23.5 Å². The highest BCUT2D eigenvalue weighted by atomic mass is 16.4. The summed E-state index contributed by atoms with van der Waals surface area (Å²) >= 11 is 0. The summed E-state index contributed by atoms with van der Waals surface area (Å²) in [4.78, 5) is 24.2. The number of aryl methyl sites for hydroxylation is 2. The van der Waals surface area contributed by atoms with Gasteiger partial charge in [0.05, 0.1) is 12.8 Å². The molecule has 2 aromatic rings. The molecule has 3 N–H and O–H groups in total. The van der Waals surface area contributed by atoms with E-state index in [2.05, 4.69) is 10.6 Å². The van der Waals surface area contributed by atoms with Crippen LogP contribution in [0.4, 0.5) is 5.69 Å². The summed E-state index contributed by atoms with van der Waals surface area (Å²) in [7, 11) is 0. The molecule has 1 aliphatic rings. The van der Waals surface area contributed by atoms with Gasteiger partial charge in [0.25, 0.3) is 0 Å². The maximum Gasteiger partial charge on any atom is 0.313 e. The SMILES string of the molecule is Cc1ccc(NC(=O)C(=O)NC[C@](O)(c2ccco2)C2CC2)cc1C. The van der Waals surface area contributed by atoms with Gasteiger partial charge < -0.3 is 20.2 Å². The number of rotatable bonds is 5. The van der Waals surface area contributed by atoms with Crippen LogP contribution in [0, 0.1) is 19.8 Å². The van der Waals surface area contributed by atoms with Gasteiger partial charge in [-0.15, -0.1) is 0 Å². The zero-order valence-electron chi connectivity index (χ0n) is 14.3. The second kappa shape index (κ2) is 6.72. The monoisotopic (exact) mass is 342 g/mol. The molecular weight excluding hydrogens is 320 g/mol. The van der Waals surface area contributed by atoms with Gasteiger partial charge in [-0.1, -0.05) is 6.07 Å². The molecule has 6 heteroatoms. The van der Waals surface area contributed by atoms with Gasteiger partial charge in [-0.3, -0.25) is 9.59 Å². The molecule has 0 aliphatic heterocycles. The van der Waals surface area contributed by atoms with Crippen LogP contribution in [0.5, 0.6) is 0 Å². The number of nitrogens with one attached hydrogen (secondary N) is 2. The van der Waals surface area contributed by atoms with Crippen LogP contribution in [0.2, 0.25) is 0 Å². The average Bonchev–Trinajstić information content (AvgIpc) is 3.30. The highest BCUT2D eigenvalue weighted by Crippen LogP contribution is 2.45. The largest absolute Gasteiger partial charge is 0.466 e. The van der Waals surface area contributed by atoms with Gasteiger partial charge in [-0.25, -0.2) is 0 Å². The molecule has 1 aromatic heterocycles. The Bertz CT molecular complexity index is 781. The molecule has 6 nitrogen and oxygen atoms in total. The first-order chi connectivity index (χ1) is 11.9. The Kier molecular flexibility index (Phi) is 4.63. The number of furan rings is 1. The summed E-state index contributed by atoms with van der Waals surface area (Å²) in [5.74, 6) is -1.11. The molecule has 25 heavy (non-hydrogen) atoms. The standard InChI is InChI=1S/C19H22N2O4/c1-12-5-8-15(10-13(12)2)21-18(23)17(22)20-11-19(24,14-6-7-14)16-4-3-9-25-16/h3-5,8-10,14,24H,6-7,11H2,1-2H3,(H,20,22)(H,21,23)/t19-/m1/s1. The molecule has 1 aliphatic carbocycles. The van der Waals surface area contributed by atoms with Gasteiger partial charge in [0.15, 0.2) is 0 Å². The van der Waals surface area contributed by atoms with Crippen LogP contribution in [0.25, 0.3) is 0 Å². The number of aliphatic hydroxyl groups is 1. The van der Waals surface area contributed by atoms with Crippen LogP contribution in [0.1, 0.15) is 29.7 Å². The molecule has 1 saturated carbocycles. The quantitative estimate of drug-likeness (QED) is 0.727. The fourth-order valence-electron chi connectivity index (χ4n) is 2.82. The summed E-state index contributed by atoms with van der Waals surface area (Å²) in [6.07, 6.45) is 3.21. The minimum atomic E-state index is -1.28. The van der Waals surface area contributed by atoms with E-state index in [1.54, 1.807) is 18.2 Å². The van der Waals surface area contributed by atoms with E-state index in [0.29, 0.717) is 11.4 Å².